The second-order valence-corrected chi connectivity index (χ2v) is 4.24. The topological polar surface area (TPSA) is 39.2 Å². The second kappa shape index (κ2) is 3.55. The number of aromatic nitrogens is 1. The van der Waals surface area contributed by atoms with E-state index in [9.17, 15) is 4.79 Å². The molecule has 1 saturated heterocycles. The Morgan fingerprint density at radius 3 is 3.15 bits per heavy atom. The number of carbonyl (C=O) groups excluding carboxylic acids is 1. The molecule has 1 atom stereocenters. The summed E-state index contributed by atoms with van der Waals surface area (Å²) in [7, 11) is 0. The van der Waals surface area contributed by atoms with Crippen LogP contribution in [0.15, 0.2) is 6.20 Å². The van der Waals surface area contributed by atoms with Crippen molar-refractivity contribution in [1.29, 1.82) is 0 Å². The molecule has 70 valence electrons. The zero-order chi connectivity index (χ0) is 9.26. The average Bonchev–Trinajstić information content (AvgIpc) is 2.75. The third-order valence-electron chi connectivity index (χ3n) is 2.15. The molecule has 0 N–H and O–H groups in total. The molecule has 1 aliphatic rings. The summed E-state index contributed by atoms with van der Waals surface area (Å²) in [5.41, 5.74) is 0. The molecule has 0 aromatic carbocycles. The van der Waals surface area contributed by atoms with Crippen LogP contribution in [-0.2, 0) is 4.74 Å². The molecule has 13 heavy (non-hydrogen) atoms. The van der Waals surface area contributed by atoms with E-state index < -0.39 is 0 Å². The third kappa shape index (κ3) is 1.78. The van der Waals surface area contributed by atoms with E-state index in [0.717, 1.165) is 29.5 Å². The van der Waals surface area contributed by atoms with Gasteiger partial charge in [0.25, 0.3) is 0 Å². The Morgan fingerprint density at radius 2 is 2.62 bits per heavy atom. The SMILES string of the molecule is CC(=O)c1cnc(C2CCOC2)s1. The van der Waals surface area contributed by atoms with Gasteiger partial charge in [0, 0.05) is 25.6 Å². The van der Waals surface area contributed by atoms with Gasteiger partial charge in [0.15, 0.2) is 5.78 Å². The first kappa shape index (κ1) is 8.84. The van der Waals surface area contributed by atoms with Crippen LogP contribution in [0.25, 0.3) is 0 Å². The monoisotopic (exact) mass is 197 g/mol. The molecule has 1 aromatic rings. The molecule has 1 aromatic heterocycles. The fourth-order valence-corrected chi connectivity index (χ4v) is 2.30. The van der Waals surface area contributed by atoms with Crippen LogP contribution in [0, 0.1) is 0 Å². The fourth-order valence-electron chi connectivity index (χ4n) is 1.37. The summed E-state index contributed by atoms with van der Waals surface area (Å²) in [6.07, 6.45) is 2.70. The van der Waals surface area contributed by atoms with Gasteiger partial charge in [-0.05, 0) is 6.42 Å². The third-order valence-corrected chi connectivity index (χ3v) is 3.41. The van der Waals surface area contributed by atoms with E-state index in [1.165, 1.54) is 11.3 Å². The smallest absolute Gasteiger partial charge is 0.171 e. The van der Waals surface area contributed by atoms with Crippen molar-refractivity contribution in [3.63, 3.8) is 0 Å². The number of carbonyl (C=O) groups is 1. The lowest BCUT2D eigenvalue weighted by Gasteiger charge is -1.99. The van der Waals surface area contributed by atoms with E-state index in [2.05, 4.69) is 4.98 Å². The standard InChI is InChI=1S/C9H11NO2S/c1-6(11)8-4-10-9(13-8)7-2-3-12-5-7/h4,7H,2-3,5H2,1H3. The van der Waals surface area contributed by atoms with Gasteiger partial charge in [0.1, 0.15) is 0 Å². The van der Waals surface area contributed by atoms with Crippen molar-refractivity contribution >= 4 is 17.1 Å². The van der Waals surface area contributed by atoms with E-state index in [1.807, 2.05) is 0 Å². The highest BCUT2D eigenvalue weighted by atomic mass is 32.1. The van der Waals surface area contributed by atoms with Crippen molar-refractivity contribution in [2.24, 2.45) is 0 Å². The number of Topliss-reactive ketones (excluding diaryl/α,β-unsaturated/α-hetero) is 1. The van der Waals surface area contributed by atoms with Gasteiger partial charge >= 0.3 is 0 Å². The lowest BCUT2D eigenvalue weighted by molar-refractivity contribution is 0.102. The molecule has 2 heterocycles. The van der Waals surface area contributed by atoms with Gasteiger partial charge in [0.05, 0.1) is 16.5 Å². The van der Waals surface area contributed by atoms with Crippen molar-refractivity contribution in [2.75, 3.05) is 13.2 Å². The van der Waals surface area contributed by atoms with E-state index in [1.54, 1.807) is 13.1 Å². The summed E-state index contributed by atoms with van der Waals surface area (Å²) in [4.78, 5) is 16.0. The second-order valence-electron chi connectivity index (χ2n) is 3.18. The highest BCUT2D eigenvalue weighted by Crippen LogP contribution is 2.28. The Labute approximate surface area is 80.8 Å². The molecule has 2 rings (SSSR count). The van der Waals surface area contributed by atoms with Gasteiger partial charge < -0.3 is 4.74 Å². The fraction of sp³-hybridized carbons (Fsp3) is 0.556. The molecular weight excluding hydrogens is 186 g/mol. The van der Waals surface area contributed by atoms with Gasteiger partial charge in [-0.3, -0.25) is 4.79 Å². The molecule has 0 radical (unpaired) electrons. The molecule has 0 amide bonds. The Morgan fingerprint density at radius 1 is 1.77 bits per heavy atom. The Bertz CT molecular complexity index is 315. The van der Waals surface area contributed by atoms with Gasteiger partial charge in [0.2, 0.25) is 0 Å². The van der Waals surface area contributed by atoms with Gasteiger partial charge in [-0.25, -0.2) is 4.98 Å². The number of hydrogen-bond donors (Lipinski definition) is 0. The van der Waals surface area contributed by atoms with Crippen LogP contribution in [-0.4, -0.2) is 24.0 Å². The number of hydrogen-bond acceptors (Lipinski definition) is 4. The van der Waals surface area contributed by atoms with Crippen LogP contribution < -0.4 is 0 Å². The van der Waals surface area contributed by atoms with Gasteiger partial charge in [-0.1, -0.05) is 0 Å². The maximum Gasteiger partial charge on any atom is 0.171 e. The molecule has 1 unspecified atom stereocenters. The number of ketones is 1. The van der Waals surface area contributed by atoms with Crippen LogP contribution >= 0.6 is 11.3 Å². The number of rotatable bonds is 2. The Balaban J connectivity index is 2.16. The minimum absolute atomic E-state index is 0.0997. The van der Waals surface area contributed by atoms with Crippen LogP contribution in [0.5, 0.6) is 0 Å². The summed E-state index contributed by atoms with van der Waals surface area (Å²) in [6.45, 7) is 3.15. The largest absolute Gasteiger partial charge is 0.381 e. The summed E-state index contributed by atoms with van der Waals surface area (Å²) in [5, 5.41) is 1.04. The maximum atomic E-state index is 11.0. The lowest BCUT2D eigenvalue weighted by Crippen LogP contribution is -1.95. The van der Waals surface area contributed by atoms with Crippen molar-refractivity contribution < 1.29 is 9.53 Å². The normalized spacial score (nSPS) is 22.1. The number of nitrogens with zero attached hydrogens (tertiary/aromatic N) is 1. The molecule has 0 saturated carbocycles. The molecule has 0 bridgehead atoms. The van der Waals surface area contributed by atoms with E-state index >= 15 is 0 Å². The van der Waals surface area contributed by atoms with E-state index in [4.69, 9.17) is 4.74 Å². The minimum atomic E-state index is 0.0997. The number of thiazole rings is 1. The van der Waals surface area contributed by atoms with Crippen LogP contribution in [0.1, 0.15) is 33.9 Å². The van der Waals surface area contributed by atoms with Crippen LogP contribution in [0.3, 0.4) is 0 Å². The predicted octanol–water partition coefficient (Wildman–Crippen LogP) is 1.85. The summed E-state index contributed by atoms with van der Waals surface area (Å²) in [5.74, 6) is 0.515. The van der Waals surface area contributed by atoms with E-state index in [0.29, 0.717) is 5.92 Å². The van der Waals surface area contributed by atoms with E-state index in [-0.39, 0.29) is 5.78 Å². The highest BCUT2D eigenvalue weighted by Gasteiger charge is 2.21. The first-order valence-electron chi connectivity index (χ1n) is 4.32. The summed E-state index contributed by atoms with van der Waals surface area (Å²) < 4.78 is 5.26. The molecule has 1 fully saturated rings. The Kier molecular flexibility index (Phi) is 2.42. The zero-order valence-electron chi connectivity index (χ0n) is 7.45. The zero-order valence-corrected chi connectivity index (χ0v) is 8.26. The van der Waals surface area contributed by atoms with Crippen LogP contribution in [0.2, 0.25) is 0 Å². The minimum Gasteiger partial charge on any atom is -0.381 e. The molecule has 0 aliphatic carbocycles. The molecule has 1 aliphatic heterocycles. The molecular formula is C9H11NO2S. The molecule has 4 heteroatoms. The summed E-state index contributed by atoms with van der Waals surface area (Å²) >= 11 is 1.50. The number of ether oxygens (including phenoxy) is 1. The quantitative estimate of drug-likeness (QED) is 0.679. The first-order valence-corrected chi connectivity index (χ1v) is 5.13. The highest BCUT2D eigenvalue weighted by molar-refractivity contribution is 7.13. The maximum absolute atomic E-state index is 11.0. The van der Waals surface area contributed by atoms with Crippen LogP contribution in [0.4, 0.5) is 0 Å². The van der Waals surface area contributed by atoms with Crippen molar-refractivity contribution in [1.82, 2.24) is 4.98 Å². The average molecular weight is 197 g/mol. The van der Waals surface area contributed by atoms with Gasteiger partial charge in [-0.15, -0.1) is 11.3 Å². The Hall–Kier alpha value is -0.740. The lowest BCUT2D eigenvalue weighted by atomic mass is 10.1. The summed E-state index contributed by atoms with van der Waals surface area (Å²) in [6, 6.07) is 0. The van der Waals surface area contributed by atoms with Crippen molar-refractivity contribution in [2.45, 2.75) is 19.3 Å². The van der Waals surface area contributed by atoms with Crippen molar-refractivity contribution in [3.8, 4) is 0 Å². The molecule has 3 nitrogen and oxygen atoms in total. The first-order chi connectivity index (χ1) is 6.27. The van der Waals surface area contributed by atoms with Crippen molar-refractivity contribution in [3.05, 3.63) is 16.1 Å². The molecule has 0 spiro atoms. The van der Waals surface area contributed by atoms with Gasteiger partial charge in [-0.2, -0.15) is 0 Å². The predicted molar refractivity (Wildman–Crippen MR) is 50.3 cm³/mol.